The van der Waals surface area contributed by atoms with Gasteiger partial charge in [0.05, 0.1) is 12.8 Å². The number of rotatable bonds is 3. The van der Waals surface area contributed by atoms with Crippen LogP contribution in [0.15, 0.2) is 57.6 Å². The Balaban J connectivity index is 2.13. The standard InChI is InChI=1S/C16H14BrNO2/c1-18(14-9-12(17)7-8-15(14)19-2)16-13-6-4-3-5-11(13)10-20-16/h3-10H,1-2H3. The van der Waals surface area contributed by atoms with E-state index in [-0.39, 0.29) is 0 Å². The summed E-state index contributed by atoms with van der Waals surface area (Å²) in [5, 5.41) is 2.17. The average Bonchev–Trinajstić information content (AvgIpc) is 2.90. The first kappa shape index (κ1) is 13.1. The summed E-state index contributed by atoms with van der Waals surface area (Å²) in [6.45, 7) is 0. The van der Waals surface area contributed by atoms with Gasteiger partial charge in [-0.05, 0) is 24.3 Å². The van der Waals surface area contributed by atoms with Crippen LogP contribution in [-0.4, -0.2) is 14.2 Å². The molecule has 0 bridgehead atoms. The van der Waals surface area contributed by atoms with Crippen molar-refractivity contribution in [3.8, 4) is 5.75 Å². The maximum atomic E-state index is 5.73. The summed E-state index contributed by atoms with van der Waals surface area (Å²) < 4.78 is 12.1. The van der Waals surface area contributed by atoms with Gasteiger partial charge in [0.15, 0.2) is 0 Å². The van der Waals surface area contributed by atoms with Gasteiger partial charge in [-0.1, -0.05) is 34.1 Å². The minimum absolute atomic E-state index is 0.802. The molecule has 0 atom stereocenters. The number of nitrogens with zero attached hydrogens (tertiary/aromatic N) is 1. The molecule has 3 aromatic rings. The van der Waals surface area contributed by atoms with E-state index in [0.29, 0.717) is 0 Å². The summed E-state index contributed by atoms with van der Waals surface area (Å²) in [4.78, 5) is 1.99. The summed E-state index contributed by atoms with van der Waals surface area (Å²) in [7, 11) is 3.64. The number of hydrogen-bond donors (Lipinski definition) is 0. The van der Waals surface area contributed by atoms with Gasteiger partial charge in [0, 0.05) is 22.3 Å². The Kier molecular flexibility index (Phi) is 3.40. The lowest BCUT2D eigenvalue weighted by atomic mass is 10.2. The van der Waals surface area contributed by atoms with Crippen LogP contribution in [0.1, 0.15) is 0 Å². The molecule has 1 heterocycles. The van der Waals surface area contributed by atoms with Crippen LogP contribution in [0.25, 0.3) is 10.8 Å². The smallest absolute Gasteiger partial charge is 0.207 e. The van der Waals surface area contributed by atoms with Crippen LogP contribution in [0.5, 0.6) is 5.75 Å². The van der Waals surface area contributed by atoms with Gasteiger partial charge < -0.3 is 14.1 Å². The third kappa shape index (κ3) is 2.16. The highest BCUT2D eigenvalue weighted by Crippen LogP contribution is 2.38. The van der Waals surface area contributed by atoms with E-state index >= 15 is 0 Å². The number of methoxy groups -OCH3 is 1. The summed E-state index contributed by atoms with van der Waals surface area (Å²) in [6.07, 6.45) is 1.77. The molecule has 2 aromatic carbocycles. The first-order valence-electron chi connectivity index (χ1n) is 6.24. The number of hydrogen-bond acceptors (Lipinski definition) is 3. The predicted octanol–water partition coefficient (Wildman–Crippen LogP) is 4.97. The first-order chi connectivity index (χ1) is 9.70. The highest BCUT2D eigenvalue weighted by molar-refractivity contribution is 9.10. The lowest BCUT2D eigenvalue weighted by molar-refractivity contribution is 0.415. The van der Waals surface area contributed by atoms with Crippen molar-refractivity contribution in [2.24, 2.45) is 0 Å². The first-order valence-corrected chi connectivity index (χ1v) is 7.03. The van der Waals surface area contributed by atoms with Crippen molar-refractivity contribution < 1.29 is 9.15 Å². The fraction of sp³-hybridized carbons (Fsp3) is 0.125. The van der Waals surface area contributed by atoms with E-state index in [2.05, 4.69) is 22.0 Å². The third-order valence-corrected chi connectivity index (χ3v) is 3.79. The lowest BCUT2D eigenvalue weighted by Gasteiger charge is -2.20. The number of ether oxygens (including phenoxy) is 1. The summed E-state index contributed by atoms with van der Waals surface area (Å²) in [5.41, 5.74) is 0.946. The highest BCUT2D eigenvalue weighted by Gasteiger charge is 2.16. The maximum Gasteiger partial charge on any atom is 0.207 e. The largest absolute Gasteiger partial charge is 0.495 e. The third-order valence-electron chi connectivity index (χ3n) is 3.30. The maximum absolute atomic E-state index is 5.73. The Hall–Kier alpha value is -1.94. The number of benzene rings is 2. The number of furan rings is 1. The van der Waals surface area contributed by atoms with Gasteiger partial charge in [-0.3, -0.25) is 0 Å². The van der Waals surface area contributed by atoms with E-state index in [1.165, 1.54) is 0 Å². The molecular weight excluding hydrogens is 318 g/mol. The normalized spacial score (nSPS) is 10.8. The number of halogens is 1. The van der Waals surface area contributed by atoms with Crippen LogP contribution < -0.4 is 9.64 Å². The van der Waals surface area contributed by atoms with Crippen molar-refractivity contribution in [3.63, 3.8) is 0 Å². The quantitative estimate of drug-likeness (QED) is 0.677. The van der Waals surface area contributed by atoms with E-state index in [1.54, 1.807) is 13.4 Å². The van der Waals surface area contributed by atoms with Crippen molar-refractivity contribution in [3.05, 3.63) is 53.2 Å². The molecule has 0 N–H and O–H groups in total. The van der Waals surface area contributed by atoms with Crippen molar-refractivity contribution >= 4 is 38.3 Å². The Labute approximate surface area is 125 Å². The molecule has 0 spiro atoms. The molecule has 0 radical (unpaired) electrons. The Bertz CT molecular complexity index is 751. The SMILES string of the molecule is COc1ccc(Br)cc1N(C)c1occ2ccccc12. The second-order valence-corrected chi connectivity index (χ2v) is 5.42. The Morgan fingerprint density at radius 2 is 1.95 bits per heavy atom. The Morgan fingerprint density at radius 3 is 2.75 bits per heavy atom. The van der Waals surface area contributed by atoms with E-state index in [0.717, 1.165) is 32.6 Å². The molecule has 102 valence electrons. The van der Waals surface area contributed by atoms with Gasteiger partial charge in [0.2, 0.25) is 5.88 Å². The summed E-state index contributed by atoms with van der Waals surface area (Å²) >= 11 is 3.49. The Morgan fingerprint density at radius 1 is 1.15 bits per heavy atom. The van der Waals surface area contributed by atoms with Gasteiger partial charge in [0.1, 0.15) is 12.0 Å². The average molecular weight is 332 g/mol. The molecule has 0 unspecified atom stereocenters. The number of anilines is 2. The topological polar surface area (TPSA) is 25.6 Å². The monoisotopic (exact) mass is 331 g/mol. The van der Waals surface area contributed by atoms with Crippen LogP contribution in [-0.2, 0) is 0 Å². The second-order valence-electron chi connectivity index (χ2n) is 4.50. The van der Waals surface area contributed by atoms with E-state index in [9.17, 15) is 0 Å². The van der Waals surface area contributed by atoms with Crippen molar-refractivity contribution in [1.29, 1.82) is 0 Å². The van der Waals surface area contributed by atoms with Crippen LogP contribution in [0.4, 0.5) is 11.6 Å². The molecule has 3 rings (SSSR count). The molecule has 0 saturated heterocycles. The van der Waals surface area contributed by atoms with E-state index in [4.69, 9.17) is 9.15 Å². The van der Waals surface area contributed by atoms with Gasteiger partial charge in [-0.15, -0.1) is 0 Å². The zero-order valence-electron chi connectivity index (χ0n) is 11.3. The molecule has 0 saturated carbocycles. The van der Waals surface area contributed by atoms with Crippen LogP contribution >= 0.6 is 15.9 Å². The minimum atomic E-state index is 0.802. The van der Waals surface area contributed by atoms with E-state index in [1.807, 2.05) is 48.3 Å². The fourth-order valence-corrected chi connectivity index (χ4v) is 2.62. The molecule has 1 aromatic heterocycles. The van der Waals surface area contributed by atoms with Crippen LogP contribution in [0.3, 0.4) is 0 Å². The van der Waals surface area contributed by atoms with Gasteiger partial charge in [0.25, 0.3) is 0 Å². The fourth-order valence-electron chi connectivity index (χ4n) is 2.27. The molecule has 0 aliphatic rings. The molecule has 20 heavy (non-hydrogen) atoms. The number of fused-ring (bicyclic) bond motifs is 1. The van der Waals surface area contributed by atoms with Gasteiger partial charge >= 0.3 is 0 Å². The summed E-state index contributed by atoms with van der Waals surface area (Å²) in [5.74, 6) is 1.60. The van der Waals surface area contributed by atoms with E-state index < -0.39 is 0 Å². The minimum Gasteiger partial charge on any atom is -0.495 e. The van der Waals surface area contributed by atoms with Crippen LogP contribution in [0, 0.1) is 0 Å². The lowest BCUT2D eigenvalue weighted by Crippen LogP contribution is -2.10. The second kappa shape index (κ2) is 5.21. The molecule has 4 heteroatoms. The molecule has 0 aliphatic heterocycles. The van der Waals surface area contributed by atoms with Crippen molar-refractivity contribution in [2.45, 2.75) is 0 Å². The molecule has 0 aliphatic carbocycles. The molecule has 0 amide bonds. The summed E-state index contributed by atoms with van der Waals surface area (Å²) in [6, 6.07) is 14.0. The highest BCUT2D eigenvalue weighted by atomic mass is 79.9. The molecule has 0 fully saturated rings. The molecular formula is C16H14BrNO2. The van der Waals surface area contributed by atoms with Gasteiger partial charge in [-0.25, -0.2) is 0 Å². The molecule has 3 nitrogen and oxygen atoms in total. The van der Waals surface area contributed by atoms with Crippen molar-refractivity contribution in [2.75, 3.05) is 19.1 Å². The zero-order chi connectivity index (χ0) is 14.1. The van der Waals surface area contributed by atoms with Crippen molar-refractivity contribution in [1.82, 2.24) is 0 Å². The predicted molar refractivity (Wildman–Crippen MR) is 85.0 cm³/mol. The zero-order valence-corrected chi connectivity index (χ0v) is 12.8. The van der Waals surface area contributed by atoms with Crippen LogP contribution in [0.2, 0.25) is 0 Å². The van der Waals surface area contributed by atoms with Gasteiger partial charge in [-0.2, -0.15) is 0 Å².